The minimum Gasteiger partial charge on any atom is -0.549 e. The van der Waals surface area contributed by atoms with Crippen LogP contribution in [0.5, 0.6) is 0 Å². The van der Waals surface area contributed by atoms with Gasteiger partial charge in [-0.2, -0.15) is 0 Å². The van der Waals surface area contributed by atoms with E-state index in [1.54, 1.807) is 0 Å². The predicted octanol–water partition coefficient (Wildman–Crippen LogP) is 0.684. The van der Waals surface area contributed by atoms with Crippen LogP contribution in [0.25, 0.3) is 0 Å². The molecule has 4 heteroatoms. The molecule has 0 atom stereocenters. The summed E-state index contributed by atoms with van der Waals surface area (Å²) in [5, 5.41) is 12.8. The van der Waals surface area contributed by atoms with E-state index in [4.69, 9.17) is 0 Å². The van der Waals surface area contributed by atoms with Gasteiger partial charge in [0.05, 0.1) is 5.97 Å². The second-order valence-corrected chi connectivity index (χ2v) is 3.32. The zero-order chi connectivity index (χ0) is 9.94. The Morgan fingerprint density at radius 3 is 2.29 bits per heavy atom. The van der Waals surface area contributed by atoms with Crippen LogP contribution in [0.1, 0.15) is 45.4 Å². The van der Waals surface area contributed by atoms with Gasteiger partial charge < -0.3 is 15.2 Å². The molecule has 0 aliphatic carbocycles. The molecule has 0 aromatic carbocycles. The van der Waals surface area contributed by atoms with Crippen LogP contribution in [0.3, 0.4) is 0 Å². The molecule has 0 aliphatic heterocycles. The molecule has 1 N–H and O–H groups in total. The number of carboxylic acid groups (broad SMARTS) is 1. The minimum absolute atomic E-state index is 0. The first-order valence-corrected chi connectivity index (χ1v) is 5.18. The summed E-state index contributed by atoms with van der Waals surface area (Å²) in [5.74, 6) is -1.02. The Morgan fingerprint density at radius 1 is 1.14 bits per heavy atom. The Hall–Kier alpha value is -0.0505. The molecule has 0 aromatic rings. The first kappa shape index (κ1) is 16.4. The predicted molar refractivity (Wildman–Crippen MR) is 51.3 cm³/mol. The SMILES string of the molecule is CCCCCCCCNCC(=O)[O-].[Cu+]. The molecular weight excluding hydrogens is 230 g/mol. The van der Waals surface area contributed by atoms with Crippen LogP contribution in [0.4, 0.5) is 0 Å². The van der Waals surface area contributed by atoms with Gasteiger partial charge >= 0.3 is 17.1 Å². The molecule has 0 fully saturated rings. The average Bonchev–Trinajstić information content (AvgIpc) is 2.09. The third-order valence-electron chi connectivity index (χ3n) is 1.98. The molecule has 0 unspecified atom stereocenters. The molecule has 0 heterocycles. The van der Waals surface area contributed by atoms with Gasteiger partial charge in [-0.1, -0.05) is 39.0 Å². The number of unbranched alkanes of at least 4 members (excludes halogenated alkanes) is 5. The van der Waals surface area contributed by atoms with Gasteiger partial charge in [-0.25, -0.2) is 0 Å². The van der Waals surface area contributed by atoms with E-state index >= 15 is 0 Å². The molecule has 0 saturated carbocycles. The van der Waals surface area contributed by atoms with Gasteiger partial charge in [0.2, 0.25) is 0 Å². The maximum atomic E-state index is 10.00. The minimum atomic E-state index is -1.02. The van der Waals surface area contributed by atoms with Crippen molar-refractivity contribution in [1.82, 2.24) is 5.32 Å². The summed E-state index contributed by atoms with van der Waals surface area (Å²) in [6.45, 7) is 2.97. The van der Waals surface area contributed by atoms with E-state index in [9.17, 15) is 9.90 Å². The summed E-state index contributed by atoms with van der Waals surface area (Å²) in [7, 11) is 0. The molecule has 0 spiro atoms. The Morgan fingerprint density at radius 2 is 1.71 bits per heavy atom. The van der Waals surface area contributed by atoms with Crippen LogP contribution in [0.2, 0.25) is 0 Å². The molecule has 0 aromatic heterocycles. The van der Waals surface area contributed by atoms with Crippen molar-refractivity contribution >= 4 is 5.97 Å². The number of carboxylic acids is 1. The second-order valence-electron chi connectivity index (χ2n) is 3.32. The topological polar surface area (TPSA) is 52.2 Å². The van der Waals surface area contributed by atoms with E-state index in [0.717, 1.165) is 13.0 Å². The maximum absolute atomic E-state index is 10.00. The van der Waals surface area contributed by atoms with Gasteiger partial charge in [0.15, 0.2) is 0 Å². The van der Waals surface area contributed by atoms with Crippen molar-refractivity contribution in [3.05, 3.63) is 0 Å². The third-order valence-corrected chi connectivity index (χ3v) is 1.98. The van der Waals surface area contributed by atoms with Crippen LogP contribution in [0.15, 0.2) is 0 Å². The van der Waals surface area contributed by atoms with Crippen molar-refractivity contribution in [3.63, 3.8) is 0 Å². The van der Waals surface area contributed by atoms with E-state index in [2.05, 4.69) is 12.2 Å². The number of carbonyl (C=O) groups excluding carboxylic acids is 1. The van der Waals surface area contributed by atoms with Gasteiger partial charge in [0, 0.05) is 6.54 Å². The first-order valence-electron chi connectivity index (χ1n) is 5.18. The monoisotopic (exact) mass is 249 g/mol. The van der Waals surface area contributed by atoms with Crippen LogP contribution in [-0.4, -0.2) is 19.1 Å². The first-order chi connectivity index (χ1) is 6.27. The average molecular weight is 250 g/mol. The number of carbonyl (C=O) groups is 1. The van der Waals surface area contributed by atoms with Crippen molar-refractivity contribution in [2.75, 3.05) is 13.1 Å². The van der Waals surface area contributed by atoms with Gasteiger partial charge in [-0.05, 0) is 13.0 Å². The van der Waals surface area contributed by atoms with E-state index in [-0.39, 0.29) is 23.6 Å². The number of hydrogen-bond acceptors (Lipinski definition) is 3. The second kappa shape index (κ2) is 12.9. The standard InChI is InChI=1S/C10H21NO2.Cu/c1-2-3-4-5-6-7-8-11-9-10(12)13;/h11H,2-9H2,1H3,(H,12,13);/q;+1/p-1. The molecule has 0 saturated heterocycles. The Kier molecular flexibility index (Phi) is 15.2. The van der Waals surface area contributed by atoms with E-state index in [1.165, 1.54) is 32.1 Å². The molecular formula is C10H20CuNO2. The summed E-state index contributed by atoms with van der Waals surface area (Å²) in [4.78, 5) is 10.00. The number of rotatable bonds is 9. The van der Waals surface area contributed by atoms with Gasteiger partial charge in [0.1, 0.15) is 0 Å². The zero-order valence-electron chi connectivity index (χ0n) is 8.77. The van der Waals surface area contributed by atoms with Crippen molar-refractivity contribution in [3.8, 4) is 0 Å². The number of nitrogens with one attached hydrogen (secondary N) is 1. The van der Waals surface area contributed by atoms with Crippen LogP contribution < -0.4 is 10.4 Å². The molecule has 0 bridgehead atoms. The molecule has 14 heavy (non-hydrogen) atoms. The molecule has 88 valence electrons. The fourth-order valence-corrected chi connectivity index (χ4v) is 1.22. The quantitative estimate of drug-likeness (QED) is 0.483. The van der Waals surface area contributed by atoms with E-state index < -0.39 is 5.97 Å². The fourth-order valence-electron chi connectivity index (χ4n) is 1.22. The Bertz CT molecular complexity index is 131. The molecule has 0 rings (SSSR count). The van der Waals surface area contributed by atoms with Crippen LogP contribution >= 0.6 is 0 Å². The number of aliphatic carboxylic acids is 1. The molecule has 0 aliphatic rings. The third kappa shape index (κ3) is 14.5. The fraction of sp³-hybridized carbons (Fsp3) is 0.900. The van der Waals surface area contributed by atoms with Crippen molar-refractivity contribution in [2.24, 2.45) is 0 Å². The summed E-state index contributed by atoms with van der Waals surface area (Å²) in [6, 6.07) is 0. The van der Waals surface area contributed by atoms with Crippen molar-refractivity contribution < 1.29 is 27.0 Å². The van der Waals surface area contributed by atoms with E-state index in [1.807, 2.05) is 0 Å². The van der Waals surface area contributed by atoms with Gasteiger partial charge in [-0.3, -0.25) is 0 Å². The largest absolute Gasteiger partial charge is 1.00 e. The van der Waals surface area contributed by atoms with Crippen molar-refractivity contribution in [2.45, 2.75) is 45.4 Å². The molecule has 0 radical (unpaired) electrons. The van der Waals surface area contributed by atoms with Crippen LogP contribution in [-0.2, 0) is 21.9 Å². The summed E-state index contributed by atoms with van der Waals surface area (Å²) in [5.41, 5.74) is 0. The molecule has 0 amide bonds. The zero-order valence-corrected chi connectivity index (χ0v) is 9.72. The Labute approximate surface area is 97.1 Å². The van der Waals surface area contributed by atoms with Gasteiger partial charge in [-0.15, -0.1) is 0 Å². The van der Waals surface area contributed by atoms with Crippen molar-refractivity contribution in [1.29, 1.82) is 0 Å². The smallest absolute Gasteiger partial charge is 0.549 e. The summed E-state index contributed by atoms with van der Waals surface area (Å²) < 4.78 is 0. The Balaban J connectivity index is 0. The maximum Gasteiger partial charge on any atom is 1.00 e. The normalized spacial score (nSPS) is 9.50. The van der Waals surface area contributed by atoms with Crippen LogP contribution in [0, 0.1) is 0 Å². The number of hydrogen-bond donors (Lipinski definition) is 1. The summed E-state index contributed by atoms with van der Waals surface area (Å²) in [6.07, 6.45) is 7.41. The van der Waals surface area contributed by atoms with E-state index in [0.29, 0.717) is 0 Å². The molecule has 3 nitrogen and oxygen atoms in total. The summed E-state index contributed by atoms with van der Waals surface area (Å²) >= 11 is 0. The van der Waals surface area contributed by atoms with Gasteiger partial charge in [0.25, 0.3) is 0 Å².